The van der Waals surface area contributed by atoms with Crippen molar-refractivity contribution in [3.05, 3.63) is 33.3 Å². The van der Waals surface area contributed by atoms with Gasteiger partial charge in [-0.25, -0.2) is 5.90 Å². The fourth-order valence-corrected chi connectivity index (χ4v) is 1.74. The molecule has 0 saturated carbocycles. The Morgan fingerprint density at radius 1 is 1.42 bits per heavy atom. The normalized spacial score (nSPS) is 10.3. The molecular formula is C9H12BrNO. The molecule has 0 atom stereocenters. The van der Waals surface area contributed by atoms with E-state index in [2.05, 4.69) is 32.9 Å². The Bertz CT molecular complexity index is 286. The average Bonchev–Trinajstić information content (AvgIpc) is 2.00. The van der Waals surface area contributed by atoms with Crippen molar-refractivity contribution < 1.29 is 4.84 Å². The van der Waals surface area contributed by atoms with Crippen molar-refractivity contribution in [3.8, 4) is 0 Å². The van der Waals surface area contributed by atoms with Crippen molar-refractivity contribution in [1.29, 1.82) is 0 Å². The van der Waals surface area contributed by atoms with Crippen LogP contribution in [0, 0.1) is 13.8 Å². The first-order chi connectivity index (χ1) is 5.65. The molecule has 2 N–H and O–H groups in total. The van der Waals surface area contributed by atoms with Crippen molar-refractivity contribution in [2.45, 2.75) is 20.5 Å². The van der Waals surface area contributed by atoms with Gasteiger partial charge in [0.1, 0.15) is 0 Å². The maximum atomic E-state index is 5.01. The number of aryl methyl sites for hydroxylation is 1. The van der Waals surface area contributed by atoms with Crippen LogP contribution in [0.15, 0.2) is 16.6 Å². The van der Waals surface area contributed by atoms with Crippen molar-refractivity contribution in [1.82, 2.24) is 0 Å². The van der Waals surface area contributed by atoms with E-state index >= 15 is 0 Å². The van der Waals surface area contributed by atoms with Crippen LogP contribution in [-0.2, 0) is 11.4 Å². The standard InChI is InChI=1S/C9H12BrNO/c1-6-3-8(5-12-11)7(2)9(10)4-6/h3-4H,5,11H2,1-2H3. The van der Waals surface area contributed by atoms with Crippen LogP contribution < -0.4 is 5.90 Å². The Morgan fingerprint density at radius 2 is 2.08 bits per heavy atom. The third-order valence-electron chi connectivity index (χ3n) is 1.84. The summed E-state index contributed by atoms with van der Waals surface area (Å²) in [4.78, 5) is 4.60. The van der Waals surface area contributed by atoms with E-state index in [1.807, 2.05) is 13.8 Å². The van der Waals surface area contributed by atoms with Gasteiger partial charge in [0.2, 0.25) is 0 Å². The van der Waals surface area contributed by atoms with Gasteiger partial charge in [0.05, 0.1) is 6.61 Å². The molecule has 0 aromatic heterocycles. The molecule has 0 amide bonds. The monoisotopic (exact) mass is 229 g/mol. The van der Waals surface area contributed by atoms with Crippen LogP contribution in [0.2, 0.25) is 0 Å². The summed E-state index contributed by atoms with van der Waals surface area (Å²) in [5.74, 6) is 5.01. The Hall–Kier alpha value is -0.380. The third kappa shape index (κ3) is 2.06. The maximum absolute atomic E-state index is 5.01. The van der Waals surface area contributed by atoms with Crippen molar-refractivity contribution in [3.63, 3.8) is 0 Å². The second-order valence-corrected chi connectivity index (χ2v) is 3.70. The highest BCUT2D eigenvalue weighted by Gasteiger charge is 2.02. The van der Waals surface area contributed by atoms with Gasteiger partial charge in [-0.2, -0.15) is 0 Å². The number of halogens is 1. The Balaban J connectivity index is 3.09. The minimum atomic E-state index is 0.464. The molecule has 66 valence electrons. The molecule has 0 radical (unpaired) electrons. The molecule has 3 heteroatoms. The number of benzene rings is 1. The zero-order valence-corrected chi connectivity index (χ0v) is 8.81. The predicted molar refractivity (Wildman–Crippen MR) is 52.6 cm³/mol. The lowest BCUT2D eigenvalue weighted by molar-refractivity contribution is 0.123. The third-order valence-corrected chi connectivity index (χ3v) is 2.66. The molecule has 0 aliphatic heterocycles. The molecule has 12 heavy (non-hydrogen) atoms. The van der Waals surface area contributed by atoms with Crippen LogP contribution in [0.25, 0.3) is 0 Å². The second kappa shape index (κ2) is 4.03. The van der Waals surface area contributed by atoms with E-state index in [4.69, 9.17) is 5.90 Å². The Morgan fingerprint density at radius 3 is 2.67 bits per heavy atom. The van der Waals surface area contributed by atoms with Gasteiger partial charge in [-0.05, 0) is 36.6 Å². The van der Waals surface area contributed by atoms with Crippen LogP contribution >= 0.6 is 15.9 Å². The molecule has 1 rings (SSSR count). The summed E-state index contributed by atoms with van der Waals surface area (Å²) in [6, 6.07) is 4.16. The molecule has 0 heterocycles. The molecule has 1 aromatic carbocycles. The zero-order chi connectivity index (χ0) is 9.14. The lowest BCUT2D eigenvalue weighted by atomic mass is 10.1. The van der Waals surface area contributed by atoms with Crippen LogP contribution in [0.4, 0.5) is 0 Å². The SMILES string of the molecule is Cc1cc(Br)c(C)c(CON)c1. The van der Waals surface area contributed by atoms with Gasteiger partial charge in [0.25, 0.3) is 0 Å². The van der Waals surface area contributed by atoms with E-state index in [0.29, 0.717) is 6.61 Å². The zero-order valence-electron chi connectivity index (χ0n) is 7.23. The molecule has 0 unspecified atom stereocenters. The van der Waals surface area contributed by atoms with Crippen LogP contribution in [-0.4, -0.2) is 0 Å². The topological polar surface area (TPSA) is 35.2 Å². The highest BCUT2D eigenvalue weighted by Crippen LogP contribution is 2.22. The molecule has 1 aromatic rings. The highest BCUT2D eigenvalue weighted by atomic mass is 79.9. The first-order valence-corrected chi connectivity index (χ1v) is 4.51. The molecule has 2 nitrogen and oxygen atoms in total. The minimum Gasteiger partial charge on any atom is -0.300 e. The summed E-state index contributed by atoms with van der Waals surface area (Å²) in [6.07, 6.45) is 0. The van der Waals surface area contributed by atoms with Gasteiger partial charge in [-0.3, -0.25) is 4.84 Å². The maximum Gasteiger partial charge on any atom is 0.0933 e. The molecular weight excluding hydrogens is 218 g/mol. The molecule has 0 saturated heterocycles. The number of hydrogen-bond donors (Lipinski definition) is 1. The number of hydrogen-bond acceptors (Lipinski definition) is 2. The summed E-state index contributed by atoms with van der Waals surface area (Å²) >= 11 is 3.47. The van der Waals surface area contributed by atoms with Gasteiger partial charge in [0.15, 0.2) is 0 Å². The van der Waals surface area contributed by atoms with E-state index in [9.17, 15) is 0 Å². The number of nitrogens with two attached hydrogens (primary N) is 1. The van der Waals surface area contributed by atoms with Crippen LogP contribution in [0.5, 0.6) is 0 Å². The van der Waals surface area contributed by atoms with Crippen molar-refractivity contribution in [2.75, 3.05) is 0 Å². The van der Waals surface area contributed by atoms with Crippen LogP contribution in [0.1, 0.15) is 16.7 Å². The molecule has 0 bridgehead atoms. The molecule has 0 fully saturated rings. The first-order valence-electron chi connectivity index (χ1n) is 3.72. The van der Waals surface area contributed by atoms with E-state index in [1.165, 1.54) is 11.1 Å². The quantitative estimate of drug-likeness (QED) is 0.792. The van der Waals surface area contributed by atoms with E-state index in [1.54, 1.807) is 0 Å². The Labute approximate surface area is 80.8 Å². The fraction of sp³-hybridized carbons (Fsp3) is 0.333. The molecule has 0 spiro atoms. The summed E-state index contributed by atoms with van der Waals surface area (Å²) < 4.78 is 1.11. The largest absolute Gasteiger partial charge is 0.300 e. The Kier molecular flexibility index (Phi) is 3.26. The number of rotatable bonds is 2. The summed E-state index contributed by atoms with van der Waals surface area (Å²) in [7, 11) is 0. The lowest BCUT2D eigenvalue weighted by Gasteiger charge is -2.07. The van der Waals surface area contributed by atoms with Crippen LogP contribution in [0.3, 0.4) is 0 Å². The van der Waals surface area contributed by atoms with Gasteiger partial charge in [0, 0.05) is 4.47 Å². The predicted octanol–water partition coefficient (Wildman–Crippen LogP) is 2.46. The van der Waals surface area contributed by atoms with E-state index in [-0.39, 0.29) is 0 Å². The summed E-state index contributed by atoms with van der Waals surface area (Å²) in [6.45, 7) is 4.55. The van der Waals surface area contributed by atoms with Gasteiger partial charge in [-0.1, -0.05) is 22.0 Å². The average molecular weight is 230 g/mol. The molecule has 0 aliphatic carbocycles. The minimum absolute atomic E-state index is 0.464. The van der Waals surface area contributed by atoms with Crippen molar-refractivity contribution >= 4 is 15.9 Å². The lowest BCUT2D eigenvalue weighted by Crippen LogP contribution is -2.01. The highest BCUT2D eigenvalue weighted by molar-refractivity contribution is 9.10. The summed E-state index contributed by atoms with van der Waals surface area (Å²) in [5, 5.41) is 0. The van der Waals surface area contributed by atoms with Gasteiger partial charge in [-0.15, -0.1) is 0 Å². The van der Waals surface area contributed by atoms with E-state index in [0.717, 1.165) is 10.0 Å². The second-order valence-electron chi connectivity index (χ2n) is 2.84. The van der Waals surface area contributed by atoms with Gasteiger partial charge >= 0.3 is 0 Å². The van der Waals surface area contributed by atoms with Crippen molar-refractivity contribution in [2.24, 2.45) is 5.90 Å². The van der Waals surface area contributed by atoms with Gasteiger partial charge < -0.3 is 0 Å². The first kappa shape index (κ1) is 9.71. The van der Waals surface area contributed by atoms with E-state index < -0.39 is 0 Å². The smallest absolute Gasteiger partial charge is 0.0933 e. The fourth-order valence-electron chi connectivity index (χ4n) is 1.13. The molecule has 0 aliphatic rings. The summed E-state index contributed by atoms with van der Waals surface area (Å²) in [5.41, 5.74) is 3.52.